The van der Waals surface area contributed by atoms with Crippen LogP contribution in [0.15, 0.2) is 41.3 Å². The van der Waals surface area contributed by atoms with Crippen LogP contribution < -0.4 is 10.9 Å². The van der Waals surface area contributed by atoms with E-state index in [0.29, 0.717) is 12.4 Å². The van der Waals surface area contributed by atoms with Gasteiger partial charge in [-0.15, -0.1) is 0 Å². The van der Waals surface area contributed by atoms with E-state index < -0.39 is 10.1 Å². The first-order valence-corrected chi connectivity index (χ1v) is 5.68. The molecule has 0 saturated carbocycles. The standard InChI is InChI=1S/C10H12O4S.H3N/c1-8(2)7-14-9-3-5-10(6-4-9)15(11,12)13;/h3-6H,1,7H2,2H3,(H,11,12,13);1H3. The van der Waals surface area contributed by atoms with Gasteiger partial charge in [0.15, 0.2) is 0 Å². The number of hydrogen-bond acceptors (Lipinski definition) is 4. The van der Waals surface area contributed by atoms with Crippen molar-refractivity contribution < 1.29 is 17.7 Å². The largest absolute Gasteiger partial charge is 0.489 e. The molecule has 90 valence electrons. The molecule has 6 heteroatoms. The zero-order chi connectivity index (χ0) is 11.5. The monoisotopic (exact) mass is 245 g/mol. The van der Waals surface area contributed by atoms with E-state index in [1.54, 1.807) is 0 Å². The third-order valence-electron chi connectivity index (χ3n) is 1.61. The summed E-state index contributed by atoms with van der Waals surface area (Å²) in [5, 5.41) is 0. The Hall–Kier alpha value is -1.37. The maximum Gasteiger partial charge on any atom is 0.294 e. The normalized spacial score (nSPS) is 10.4. The molecule has 1 aromatic carbocycles. The molecular weight excluding hydrogens is 230 g/mol. The van der Waals surface area contributed by atoms with E-state index in [-0.39, 0.29) is 11.0 Å². The molecule has 1 rings (SSSR count). The highest BCUT2D eigenvalue weighted by molar-refractivity contribution is 7.85. The second kappa shape index (κ2) is 5.64. The molecule has 1 aromatic rings. The lowest BCUT2D eigenvalue weighted by molar-refractivity contribution is 0.352. The van der Waals surface area contributed by atoms with E-state index in [0.717, 1.165) is 5.57 Å². The lowest BCUT2D eigenvalue weighted by Crippen LogP contribution is -2.00. The molecule has 0 radical (unpaired) electrons. The predicted octanol–water partition coefficient (Wildman–Crippen LogP) is 2.05. The van der Waals surface area contributed by atoms with Crippen LogP contribution in [-0.2, 0) is 10.1 Å². The summed E-state index contributed by atoms with van der Waals surface area (Å²) in [6.45, 7) is 5.87. The lowest BCUT2D eigenvalue weighted by Gasteiger charge is -2.05. The van der Waals surface area contributed by atoms with Gasteiger partial charge >= 0.3 is 0 Å². The average Bonchev–Trinajstić information content (AvgIpc) is 2.14. The van der Waals surface area contributed by atoms with Crippen molar-refractivity contribution >= 4 is 10.1 Å². The van der Waals surface area contributed by atoms with Gasteiger partial charge in [-0.25, -0.2) is 0 Å². The van der Waals surface area contributed by atoms with Crippen molar-refractivity contribution in [3.8, 4) is 5.75 Å². The fourth-order valence-electron chi connectivity index (χ4n) is 0.914. The van der Waals surface area contributed by atoms with Gasteiger partial charge in [-0.1, -0.05) is 6.58 Å². The van der Waals surface area contributed by atoms with Crippen molar-refractivity contribution in [2.24, 2.45) is 0 Å². The quantitative estimate of drug-likeness (QED) is 0.624. The van der Waals surface area contributed by atoms with E-state index >= 15 is 0 Å². The molecule has 0 bridgehead atoms. The third kappa shape index (κ3) is 4.43. The van der Waals surface area contributed by atoms with Gasteiger partial charge in [-0.3, -0.25) is 4.55 Å². The summed E-state index contributed by atoms with van der Waals surface area (Å²) in [6.07, 6.45) is 0. The molecule has 4 N–H and O–H groups in total. The highest BCUT2D eigenvalue weighted by Gasteiger charge is 2.08. The van der Waals surface area contributed by atoms with Gasteiger partial charge in [0.05, 0.1) is 4.90 Å². The Kier molecular flexibility index (Phi) is 5.16. The predicted molar refractivity (Wildman–Crippen MR) is 61.6 cm³/mol. The van der Waals surface area contributed by atoms with E-state index in [2.05, 4.69) is 6.58 Å². The second-order valence-corrected chi connectivity index (χ2v) is 4.61. The van der Waals surface area contributed by atoms with Crippen LogP contribution in [0.4, 0.5) is 0 Å². The summed E-state index contributed by atoms with van der Waals surface area (Å²) in [5.74, 6) is 0.533. The summed E-state index contributed by atoms with van der Waals surface area (Å²) >= 11 is 0. The molecular formula is C10H15NO4S. The van der Waals surface area contributed by atoms with Crippen LogP contribution in [0.2, 0.25) is 0 Å². The Morgan fingerprint density at radius 1 is 1.38 bits per heavy atom. The van der Waals surface area contributed by atoms with E-state index in [4.69, 9.17) is 9.29 Å². The average molecular weight is 245 g/mol. The molecule has 0 amide bonds. The molecule has 0 atom stereocenters. The Labute approximate surface area is 95.1 Å². The van der Waals surface area contributed by atoms with Gasteiger partial charge in [-0.2, -0.15) is 8.42 Å². The van der Waals surface area contributed by atoms with Gasteiger partial charge < -0.3 is 10.9 Å². The molecule has 0 aromatic heterocycles. The summed E-state index contributed by atoms with van der Waals surface area (Å²) in [6, 6.07) is 5.52. The molecule has 0 aliphatic rings. The van der Waals surface area contributed by atoms with Gasteiger partial charge in [-0.05, 0) is 36.8 Å². The first-order valence-electron chi connectivity index (χ1n) is 4.24. The Morgan fingerprint density at radius 2 is 1.88 bits per heavy atom. The van der Waals surface area contributed by atoms with Crippen LogP contribution in [0.5, 0.6) is 5.75 Å². The number of hydrogen-bond donors (Lipinski definition) is 2. The molecule has 0 aliphatic heterocycles. The number of rotatable bonds is 4. The van der Waals surface area contributed by atoms with Gasteiger partial charge in [0.2, 0.25) is 0 Å². The van der Waals surface area contributed by atoms with Crippen molar-refractivity contribution in [1.82, 2.24) is 6.15 Å². The second-order valence-electron chi connectivity index (χ2n) is 3.19. The van der Waals surface area contributed by atoms with Crippen molar-refractivity contribution in [3.05, 3.63) is 36.4 Å². The van der Waals surface area contributed by atoms with Crippen molar-refractivity contribution in [2.75, 3.05) is 6.61 Å². The number of ether oxygens (including phenoxy) is 1. The minimum Gasteiger partial charge on any atom is -0.489 e. The molecule has 0 spiro atoms. The molecule has 0 saturated heterocycles. The van der Waals surface area contributed by atoms with E-state index in [1.807, 2.05) is 6.92 Å². The van der Waals surface area contributed by atoms with E-state index in [9.17, 15) is 8.42 Å². The smallest absolute Gasteiger partial charge is 0.294 e. The molecule has 0 fully saturated rings. The summed E-state index contributed by atoms with van der Waals surface area (Å²) < 4.78 is 35.4. The highest BCUT2D eigenvalue weighted by atomic mass is 32.2. The Bertz CT molecular complexity index is 450. The van der Waals surface area contributed by atoms with Crippen LogP contribution in [0.3, 0.4) is 0 Å². The van der Waals surface area contributed by atoms with Gasteiger partial charge in [0, 0.05) is 0 Å². The molecule has 0 heterocycles. The maximum atomic E-state index is 10.7. The summed E-state index contributed by atoms with van der Waals surface area (Å²) in [5.41, 5.74) is 0.869. The Balaban J connectivity index is 0.00000225. The zero-order valence-corrected chi connectivity index (χ0v) is 9.83. The Morgan fingerprint density at radius 3 is 2.25 bits per heavy atom. The molecule has 0 unspecified atom stereocenters. The van der Waals surface area contributed by atoms with Gasteiger partial charge in [0.1, 0.15) is 12.4 Å². The fraction of sp³-hybridized carbons (Fsp3) is 0.200. The topological polar surface area (TPSA) is 98.6 Å². The SMILES string of the molecule is C=C(C)COc1ccc(S(=O)(=O)O)cc1.N. The lowest BCUT2D eigenvalue weighted by atomic mass is 10.3. The highest BCUT2D eigenvalue weighted by Crippen LogP contribution is 2.15. The van der Waals surface area contributed by atoms with Crippen LogP contribution in [0, 0.1) is 0 Å². The number of benzene rings is 1. The van der Waals surface area contributed by atoms with Crippen molar-refractivity contribution in [3.63, 3.8) is 0 Å². The van der Waals surface area contributed by atoms with Crippen LogP contribution in [-0.4, -0.2) is 19.6 Å². The maximum absolute atomic E-state index is 10.7. The van der Waals surface area contributed by atoms with Crippen molar-refractivity contribution in [2.45, 2.75) is 11.8 Å². The van der Waals surface area contributed by atoms with Crippen LogP contribution >= 0.6 is 0 Å². The first-order chi connectivity index (χ1) is 6.89. The van der Waals surface area contributed by atoms with Crippen molar-refractivity contribution in [1.29, 1.82) is 0 Å². The van der Waals surface area contributed by atoms with Crippen LogP contribution in [0.1, 0.15) is 6.92 Å². The summed E-state index contributed by atoms with van der Waals surface area (Å²) in [4.78, 5) is -0.148. The zero-order valence-electron chi connectivity index (χ0n) is 9.01. The van der Waals surface area contributed by atoms with E-state index in [1.165, 1.54) is 24.3 Å². The summed E-state index contributed by atoms with van der Waals surface area (Å²) in [7, 11) is -4.12. The third-order valence-corrected chi connectivity index (χ3v) is 2.47. The molecule has 16 heavy (non-hydrogen) atoms. The van der Waals surface area contributed by atoms with Crippen LogP contribution in [0.25, 0.3) is 0 Å². The molecule has 0 aliphatic carbocycles. The minimum atomic E-state index is -4.12. The first kappa shape index (κ1) is 14.6. The van der Waals surface area contributed by atoms with Gasteiger partial charge in [0.25, 0.3) is 10.1 Å². The minimum absolute atomic E-state index is 0. The fourth-order valence-corrected chi connectivity index (χ4v) is 1.39. The molecule has 5 nitrogen and oxygen atoms in total.